The summed E-state index contributed by atoms with van der Waals surface area (Å²) in [4.78, 5) is 8.87. The van der Waals surface area contributed by atoms with Crippen LogP contribution in [0.15, 0.2) is 54.6 Å². The first-order valence-electron chi connectivity index (χ1n) is 9.29. The number of aromatic nitrogens is 2. The molecule has 158 valence electrons. The Kier molecular flexibility index (Phi) is 6.29. The fraction of sp³-hybridized carbons (Fsp3) is 0.238. The number of phenolic OH excluding ortho intramolecular Hbond substituents is 1. The first-order chi connectivity index (χ1) is 14.2. The maximum atomic E-state index is 12.6. The molecular formula is C21H21F3N4O2. The largest absolute Gasteiger partial charge is 0.573 e. The number of hydrogen-bond donors (Lipinski definition) is 3. The van der Waals surface area contributed by atoms with Crippen molar-refractivity contribution in [3.05, 3.63) is 54.6 Å². The van der Waals surface area contributed by atoms with E-state index < -0.39 is 6.36 Å². The summed E-state index contributed by atoms with van der Waals surface area (Å²) in [6.07, 6.45) is -3.95. The number of nitrogens with zero attached hydrogens (tertiary/aromatic N) is 2. The summed E-state index contributed by atoms with van der Waals surface area (Å²) >= 11 is 0. The predicted molar refractivity (Wildman–Crippen MR) is 109 cm³/mol. The van der Waals surface area contributed by atoms with E-state index in [-0.39, 0.29) is 17.5 Å². The molecule has 3 rings (SSSR count). The van der Waals surface area contributed by atoms with Crippen molar-refractivity contribution in [1.82, 2.24) is 9.97 Å². The van der Waals surface area contributed by atoms with Crippen LogP contribution in [-0.2, 0) is 0 Å². The predicted octanol–water partition coefficient (Wildman–Crippen LogP) is 5.70. The molecule has 0 unspecified atom stereocenters. The third kappa shape index (κ3) is 6.00. The fourth-order valence-electron chi connectivity index (χ4n) is 2.63. The quantitative estimate of drug-likeness (QED) is 0.457. The molecular weight excluding hydrogens is 397 g/mol. The van der Waals surface area contributed by atoms with Gasteiger partial charge in [-0.3, -0.25) is 0 Å². The third-order valence-corrected chi connectivity index (χ3v) is 4.20. The number of hydrogen-bond acceptors (Lipinski definition) is 6. The minimum absolute atomic E-state index is 0.0873. The van der Waals surface area contributed by atoms with Crippen LogP contribution in [0.5, 0.6) is 11.5 Å². The van der Waals surface area contributed by atoms with Crippen LogP contribution >= 0.6 is 0 Å². The molecule has 0 aliphatic rings. The molecule has 1 heterocycles. The Labute approximate surface area is 171 Å². The smallest absolute Gasteiger partial charge is 0.508 e. The molecule has 3 aromatic rings. The van der Waals surface area contributed by atoms with Gasteiger partial charge in [0, 0.05) is 29.4 Å². The summed E-state index contributed by atoms with van der Waals surface area (Å²) in [6, 6.07) is 13.8. The van der Waals surface area contributed by atoms with Gasteiger partial charge in [-0.1, -0.05) is 25.1 Å². The summed E-state index contributed by atoms with van der Waals surface area (Å²) in [5, 5.41) is 15.9. The van der Waals surface area contributed by atoms with Crippen molar-refractivity contribution in [3.63, 3.8) is 0 Å². The Bertz CT molecular complexity index is 1010. The first kappa shape index (κ1) is 21.2. The molecule has 0 fully saturated rings. The monoisotopic (exact) mass is 418 g/mol. The van der Waals surface area contributed by atoms with Crippen LogP contribution < -0.4 is 15.4 Å². The van der Waals surface area contributed by atoms with E-state index in [0.29, 0.717) is 28.7 Å². The zero-order valence-corrected chi connectivity index (χ0v) is 16.4. The zero-order chi connectivity index (χ0) is 21.7. The van der Waals surface area contributed by atoms with Crippen molar-refractivity contribution in [2.75, 3.05) is 10.6 Å². The van der Waals surface area contributed by atoms with Gasteiger partial charge < -0.3 is 20.5 Å². The Morgan fingerprint density at radius 3 is 2.53 bits per heavy atom. The van der Waals surface area contributed by atoms with Gasteiger partial charge in [-0.25, -0.2) is 4.98 Å². The number of phenols is 1. The Morgan fingerprint density at radius 1 is 1.07 bits per heavy atom. The van der Waals surface area contributed by atoms with Crippen molar-refractivity contribution < 1.29 is 23.0 Å². The minimum Gasteiger partial charge on any atom is -0.508 e. The van der Waals surface area contributed by atoms with Crippen molar-refractivity contribution in [3.8, 4) is 22.8 Å². The number of benzene rings is 2. The number of nitrogens with one attached hydrogen (secondary N) is 2. The van der Waals surface area contributed by atoms with Gasteiger partial charge >= 0.3 is 6.36 Å². The molecule has 6 nitrogen and oxygen atoms in total. The standard InChI is InChI=1S/C21H21F3N4O2/c1-3-13(2)25-20-27-18(14-6-4-9-17(10-14)30-21(22,23)24)12-19(28-20)26-15-7-5-8-16(29)11-15/h4-13,29H,3H2,1-2H3,(H2,25,26,27,28)/t13-/m1/s1. The van der Waals surface area contributed by atoms with Crippen molar-refractivity contribution in [2.45, 2.75) is 32.7 Å². The van der Waals surface area contributed by atoms with Gasteiger partial charge in [0.15, 0.2) is 0 Å². The molecule has 2 aromatic carbocycles. The fourth-order valence-corrected chi connectivity index (χ4v) is 2.63. The van der Waals surface area contributed by atoms with E-state index in [1.807, 2.05) is 13.8 Å². The van der Waals surface area contributed by atoms with E-state index >= 15 is 0 Å². The maximum Gasteiger partial charge on any atom is 0.573 e. The topological polar surface area (TPSA) is 79.3 Å². The van der Waals surface area contributed by atoms with Gasteiger partial charge in [0.25, 0.3) is 0 Å². The van der Waals surface area contributed by atoms with E-state index in [1.165, 1.54) is 24.3 Å². The number of anilines is 3. The van der Waals surface area contributed by atoms with Gasteiger partial charge in [-0.05, 0) is 37.6 Å². The van der Waals surface area contributed by atoms with Crippen LogP contribution in [0.25, 0.3) is 11.3 Å². The maximum absolute atomic E-state index is 12.6. The lowest BCUT2D eigenvalue weighted by Gasteiger charge is -2.15. The molecule has 0 aliphatic carbocycles. The van der Waals surface area contributed by atoms with E-state index in [9.17, 15) is 18.3 Å². The number of aromatic hydroxyl groups is 1. The molecule has 0 aliphatic heterocycles. The van der Waals surface area contributed by atoms with Gasteiger partial charge in [0.2, 0.25) is 5.95 Å². The molecule has 0 radical (unpaired) electrons. The summed E-state index contributed by atoms with van der Waals surface area (Å²) in [6.45, 7) is 3.97. The number of alkyl halides is 3. The lowest BCUT2D eigenvalue weighted by Crippen LogP contribution is -2.17. The summed E-state index contributed by atoms with van der Waals surface area (Å²) in [5.74, 6) is 0.493. The van der Waals surface area contributed by atoms with Gasteiger partial charge in [0.05, 0.1) is 5.69 Å². The second kappa shape index (κ2) is 8.89. The van der Waals surface area contributed by atoms with Crippen molar-refractivity contribution >= 4 is 17.5 Å². The van der Waals surface area contributed by atoms with Crippen LogP contribution in [-0.4, -0.2) is 27.5 Å². The molecule has 0 saturated heterocycles. The van der Waals surface area contributed by atoms with E-state index in [4.69, 9.17) is 0 Å². The van der Waals surface area contributed by atoms with Gasteiger partial charge in [-0.15, -0.1) is 13.2 Å². The van der Waals surface area contributed by atoms with Gasteiger partial charge in [0.1, 0.15) is 17.3 Å². The normalized spacial score (nSPS) is 12.3. The minimum atomic E-state index is -4.78. The zero-order valence-electron chi connectivity index (χ0n) is 16.4. The Morgan fingerprint density at radius 2 is 1.83 bits per heavy atom. The Hall–Kier alpha value is -3.49. The van der Waals surface area contributed by atoms with Crippen LogP contribution in [0.4, 0.5) is 30.6 Å². The summed E-state index contributed by atoms with van der Waals surface area (Å²) < 4.78 is 41.7. The van der Waals surface area contributed by atoms with Crippen molar-refractivity contribution in [2.24, 2.45) is 0 Å². The SMILES string of the molecule is CC[C@@H](C)Nc1nc(Nc2cccc(O)c2)cc(-c2cccc(OC(F)(F)F)c2)n1. The highest BCUT2D eigenvalue weighted by molar-refractivity contribution is 5.68. The molecule has 0 spiro atoms. The molecule has 0 bridgehead atoms. The number of halogens is 3. The van der Waals surface area contributed by atoms with E-state index in [0.717, 1.165) is 6.42 Å². The summed E-state index contributed by atoms with van der Waals surface area (Å²) in [5.41, 5.74) is 1.44. The van der Waals surface area contributed by atoms with Crippen LogP contribution in [0.1, 0.15) is 20.3 Å². The van der Waals surface area contributed by atoms with Crippen LogP contribution in [0.2, 0.25) is 0 Å². The highest BCUT2D eigenvalue weighted by Gasteiger charge is 2.31. The number of rotatable bonds is 7. The first-order valence-corrected chi connectivity index (χ1v) is 9.29. The number of ether oxygens (including phenoxy) is 1. The molecule has 1 aromatic heterocycles. The third-order valence-electron chi connectivity index (χ3n) is 4.20. The highest BCUT2D eigenvalue weighted by atomic mass is 19.4. The second-order valence-electron chi connectivity index (χ2n) is 6.67. The van der Waals surface area contributed by atoms with Crippen LogP contribution in [0.3, 0.4) is 0 Å². The molecule has 0 saturated carbocycles. The van der Waals surface area contributed by atoms with E-state index in [2.05, 4.69) is 25.3 Å². The average molecular weight is 418 g/mol. The molecule has 30 heavy (non-hydrogen) atoms. The molecule has 0 amide bonds. The van der Waals surface area contributed by atoms with Crippen LogP contribution in [0, 0.1) is 0 Å². The highest BCUT2D eigenvalue weighted by Crippen LogP contribution is 2.29. The molecule has 3 N–H and O–H groups in total. The van der Waals surface area contributed by atoms with Gasteiger partial charge in [-0.2, -0.15) is 4.98 Å². The van der Waals surface area contributed by atoms with E-state index in [1.54, 1.807) is 30.3 Å². The second-order valence-corrected chi connectivity index (χ2v) is 6.67. The lowest BCUT2D eigenvalue weighted by atomic mass is 10.1. The molecule has 1 atom stereocenters. The lowest BCUT2D eigenvalue weighted by molar-refractivity contribution is -0.274. The molecule has 9 heteroatoms. The average Bonchev–Trinajstić information content (AvgIpc) is 2.66. The Balaban J connectivity index is 1.98. The summed E-state index contributed by atoms with van der Waals surface area (Å²) in [7, 11) is 0. The van der Waals surface area contributed by atoms with Crippen molar-refractivity contribution in [1.29, 1.82) is 0 Å².